The summed E-state index contributed by atoms with van der Waals surface area (Å²) in [5.41, 5.74) is -0.716. The molecule has 1 heterocycles. The van der Waals surface area contributed by atoms with Gasteiger partial charge in [-0.25, -0.2) is 4.79 Å². The summed E-state index contributed by atoms with van der Waals surface area (Å²) < 4.78 is 33.1. The highest BCUT2D eigenvalue weighted by molar-refractivity contribution is 7.86. The van der Waals surface area contributed by atoms with E-state index >= 15 is 0 Å². The second-order valence-electron chi connectivity index (χ2n) is 6.84. The molecule has 1 amide bonds. The van der Waals surface area contributed by atoms with Gasteiger partial charge < -0.3 is 9.64 Å². The molecule has 1 unspecified atom stereocenters. The maximum atomic E-state index is 12.1. The average Bonchev–Trinajstić information content (AvgIpc) is 2.98. The maximum absolute atomic E-state index is 12.1. The Morgan fingerprint density at radius 2 is 1.90 bits per heavy atom. The van der Waals surface area contributed by atoms with Gasteiger partial charge in [0.1, 0.15) is 5.60 Å². The zero-order valence-electron chi connectivity index (χ0n) is 12.5. The first-order valence-corrected chi connectivity index (χ1v) is 8.69. The van der Waals surface area contributed by atoms with E-state index in [0.29, 0.717) is 19.5 Å². The van der Waals surface area contributed by atoms with E-state index in [-0.39, 0.29) is 17.6 Å². The highest BCUT2D eigenvalue weighted by Crippen LogP contribution is 2.53. The van der Waals surface area contributed by atoms with Crippen LogP contribution in [-0.2, 0) is 19.0 Å². The molecule has 0 bridgehead atoms. The van der Waals surface area contributed by atoms with E-state index in [1.54, 1.807) is 4.90 Å². The smallest absolute Gasteiger partial charge is 0.410 e. The molecule has 0 N–H and O–H groups in total. The molecule has 0 aromatic heterocycles. The second kappa shape index (κ2) is 4.87. The van der Waals surface area contributed by atoms with Crippen molar-refractivity contribution >= 4 is 16.2 Å². The summed E-state index contributed by atoms with van der Waals surface area (Å²) in [5.74, 6) is 0. The highest BCUT2D eigenvalue weighted by Gasteiger charge is 2.55. The summed E-state index contributed by atoms with van der Waals surface area (Å²) in [6, 6.07) is 0. The van der Waals surface area contributed by atoms with Crippen LogP contribution in [0.4, 0.5) is 4.79 Å². The van der Waals surface area contributed by atoms with Crippen molar-refractivity contribution in [2.45, 2.75) is 51.7 Å². The summed E-state index contributed by atoms with van der Waals surface area (Å²) >= 11 is 0. The van der Waals surface area contributed by atoms with Crippen molar-refractivity contribution in [2.75, 3.05) is 19.3 Å². The molecule has 1 aliphatic carbocycles. The van der Waals surface area contributed by atoms with E-state index in [2.05, 4.69) is 0 Å². The molecule has 6 nitrogen and oxygen atoms in total. The zero-order chi connectivity index (χ0) is 15.2. The first-order chi connectivity index (χ1) is 9.01. The van der Waals surface area contributed by atoms with E-state index in [4.69, 9.17) is 8.92 Å². The van der Waals surface area contributed by atoms with E-state index in [1.165, 1.54) is 0 Å². The van der Waals surface area contributed by atoms with Gasteiger partial charge >= 0.3 is 6.09 Å². The molecule has 1 saturated heterocycles. The van der Waals surface area contributed by atoms with Crippen molar-refractivity contribution < 1.29 is 22.1 Å². The molecule has 2 rings (SSSR count). The first-order valence-electron chi connectivity index (χ1n) is 6.87. The molecule has 1 saturated carbocycles. The quantitative estimate of drug-likeness (QED) is 0.727. The summed E-state index contributed by atoms with van der Waals surface area (Å²) in [6.07, 6.45) is 2.76. The summed E-state index contributed by atoms with van der Waals surface area (Å²) in [5, 5.41) is 0. The van der Waals surface area contributed by atoms with Crippen LogP contribution in [0.15, 0.2) is 0 Å². The van der Waals surface area contributed by atoms with Gasteiger partial charge in [0, 0.05) is 18.5 Å². The monoisotopic (exact) mass is 305 g/mol. The Kier molecular flexibility index (Phi) is 3.79. The van der Waals surface area contributed by atoms with E-state index < -0.39 is 15.7 Å². The minimum Gasteiger partial charge on any atom is -0.444 e. The molecule has 116 valence electrons. The van der Waals surface area contributed by atoms with Crippen LogP contribution in [0, 0.1) is 5.41 Å². The van der Waals surface area contributed by atoms with Gasteiger partial charge in [0.2, 0.25) is 0 Å². The predicted molar refractivity (Wildman–Crippen MR) is 73.8 cm³/mol. The molecular weight excluding hydrogens is 282 g/mol. The van der Waals surface area contributed by atoms with Crippen molar-refractivity contribution in [2.24, 2.45) is 5.41 Å². The lowest BCUT2D eigenvalue weighted by Gasteiger charge is -2.38. The third kappa shape index (κ3) is 3.85. The minimum atomic E-state index is -3.46. The number of piperidine rings is 1. The number of ether oxygens (including phenoxy) is 1. The van der Waals surface area contributed by atoms with Crippen molar-refractivity contribution in [3.8, 4) is 0 Å². The van der Waals surface area contributed by atoms with Crippen LogP contribution < -0.4 is 0 Å². The Morgan fingerprint density at radius 1 is 1.30 bits per heavy atom. The van der Waals surface area contributed by atoms with Gasteiger partial charge in [-0.15, -0.1) is 0 Å². The summed E-state index contributed by atoms with van der Waals surface area (Å²) in [6.45, 7) is 6.48. The van der Waals surface area contributed by atoms with Gasteiger partial charge in [0.25, 0.3) is 10.1 Å². The topological polar surface area (TPSA) is 72.9 Å². The van der Waals surface area contributed by atoms with E-state index in [0.717, 1.165) is 19.1 Å². The minimum absolute atomic E-state index is 0.196. The Bertz CT molecular complexity index is 489. The molecule has 7 heteroatoms. The van der Waals surface area contributed by atoms with Gasteiger partial charge in [0.15, 0.2) is 0 Å². The fourth-order valence-corrected chi connectivity index (χ4v) is 3.35. The predicted octanol–water partition coefficient (Wildman–Crippen LogP) is 1.75. The van der Waals surface area contributed by atoms with Gasteiger partial charge in [-0.3, -0.25) is 4.18 Å². The van der Waals surface area contributed by atoms with Crippen LogP contribution in [0.3, 0.4) is 0 Å². The summed E-state index contributed by atoms with van der Waals surface area (Å²) in [4.78, 5) is 13.7. The average molecular weight is 305 g/mol. The molecule has 1 aliphatic heterocycles. The SMILES string of the molecule is CC(C)(C)OC(=O)N1CCC(OS(C)(=O)=O)C2(CC2)C1. The third-order valence-corrected chi connectivity index (χ3v) is 4.27. The van der Waals surface area contributed by atoms with Crippen LogP contribution in [-0.4, -0.2) is 50.5 Å². The largest absolute Gasteiger partial charge is 0.444 e. The highest BCUT2D eigenvalue weighted by atomic mass is 32.2. The molecule has 1 spiro atoms. The number of likely N-dealkylation sites (tertiary alicyclic amines) is 1. The Labute approximate surface area is 120 Å². The molecule has 20 heavy (non-hydrogen) atoms. The number of nitrogens with zero attached hydrogens (tertiary/aromatic N) is 1. The molecule has 1 atom stereocenters. The molecule has 0 aromatic rings. The number of rotatable bonds is 2. The zero-order valence-corrected chi connectivity index (χ0v) is 13.3. The standard InChI is InChI=1S/C13H23NO5S/c1-12(2,3)18-11(15)14-8-5-10(19-20(4,16)17)13(9-14)6-7-13/h10H,5-9H2,1-4H3. The number of hydrogen-bond acceptors (Lipinski definition) is 5. The Morgan fingerprint density at radius 3 is 2.35 bits per heavy atom. The van der Waals surface area contributed by atoms with Crippen LogP contribution in [0.1, 0.15) is 40.0 Å². The normalized spacial score (nSPS) is 25.6. The van der Waals surface area contributed by atoms with Crippen LogP contribution in [0.2, 0.25) is 0 Å². The fourth-order valence-electron chi connectivity index (χ4n) is 2.62. The van der Waals surface area contributed by atoms with Crippen LogP contribution in [0.5, 0.6) is 0 Å². The summed E-state index contributed by atoms with van der Waals surface area (Å²) in [7, 11) is -3.46. The third-order valence-electron chi connectivity index (χ3n) is 3.68. The van der Waals surface area contributed by atoms with Crippen molar-refractivity contribution in [1.29, 1.82) is 0 Å². The second-order valence-corrected chi connectivity index (χ2v) is 8.44. The molecule has 2 aliphatic rings. The molecule has 0 radical (unpaired) electrons. The van der Waals surface area contributed by atoms with Gasteiger partial charge in [0.05, 0.1) is 12.4 Å². The van der Waals surface area contributed by atoms with Crippen molar-refractivity contribution in [1.82, 2.24) is 4.90 Å². The van der Waals surface area contributed by atoms with Crippen LogP contribution in [0.25, 0.3) is 0 Å². The van der Waals surface area contributed by atoms with Crippen molar-refractivity contribution in [3.63, 3.8) is 0 Å². The lowest BCUT2D eigenvalue weighted by Crippen LogP contribution is -2.49. The van der Waals surface area contributed by atoms with E-state index in [1.807, 2.05) is 20.8 Å². The lowest BCUT2D eigenvalue weighted by molar-refractivity contribution is -0.00680. The molecular formula is C13H23NO5S. The Balaban J connectivity index is 1.99. The fraction of sp³-hybridized carbons (Fsp3) is 0.923. The number of amides is 1. The molecule has 2 fully saturated rings. The van der Waals surface area contributed by atoms with Gasteiger partial charge in [-0.05, 0) is 40.0 Å². The van der Waals surface area contributed by atoms with Crippen LogP contribution >= 0.6 is 0 Å². The number of carbonyl (C=O) groups is 1. The Hall–Kier alpha value is -0.820. The number of hydrogen-bond donors (Lipinski definition) is 0. The lowest BCUT2D eigenvalue weighted by atomic mass is 9.92. The maximum Gasteiger partial charge on any atom is 0.410 e. The van der Waals surface area contributed by atoms with Gasteiger partial charge in [-0.2, -0.15) is 8.42 Å². The molecule has 0 aromatic carbocycles. The van der Waals surface area contributed by atoms with Gasteiger partial charge in [-0.1, -0.05) is 0 Å². The number of carbonyl (C=O) groups excluding carboxylic acids is 1. The van der Waals surface area contributed by atoms with E-state index in [9.17, 15) is 13.2 Å². The first kappa shape index (κ1) is 15.6. The van der Waals surface area contributed by atoms with Crippen molar-refractivity contribution in [3.05, 3.63) is 0 Å².